The minimum absolute atomic E-state index is 0.269. The van der Waals surface area contributed by atoms with Gasteiger partial charge in [-0.2, -0.15) is 0 Å². The van der Waals surface area contributed by atoms with E-state index in [9.17, 15) is 9.18 Å². The van der Waals surface area contributed by atoms with Crippen LogP contribution in [0.3, 0.4) is 0 Å². The van der Waals surface area contributed by atoms with Crippen LogP contribution >= 0.6 is 11.6 Å². The fraction of sp³-hybridized carbons (Fsp3) is 0.333. The summed E-state index contributed by atoms with van der Waals surface area (Å²) in [5, 5.41) is 4.00. The molecule has 5 rings (SSSR count). The van der Waals surface area contributed by atoms with Crippen molar-refractivity contribution in [3.05, 3.63) is 53.2 Å². The summed E-state index contributed by atoms with van der Waals surface area (Å²) in [7, 11) is 0. The van der Waals surface area contributed by atoms with E-state index in [0.717, 1.165) is 52.5 Å². The van der Waals surface area contributed by atoms with Crippen LogP contribution < -0.4 is 5.32 Å². The van der Waals surface area contributed by atoms with Crippen LogP contribution in [0.25, 0.3) is 27.7 Å². The first-order valence-electron chi connectivity index (χ1n) is 10.8. The molecule has 4 heterocycles. The molecule has 2 atom stereocenters. The molecule has 0 bridgehead atoms. The molecule has 1 aliphatic carbocycles. The summed E-state index contributed by atoms with van der Waals surface area (Å²) < 4.78 is 15.0. The minimum Gasteiger partial charge on any atom is -0.310 e. The summed E-state index contributed by atoms with van der Waals surface area (Å²) in [4.78, 5) is 25.7. The zero-order valence-corrected chi connectivity index (χ0v) is 18.7. The van der Waals surface area contributed by atoms with Crippen molar-refractivity contribution in [3.63, 3.8) is 0 Å². The summed E-state index contributed by atoms with van der Waals surface area (Å²) >= 11 is 6.50. The topological polar surface area (TPSA) is 72.2 Å². The van der Waals surface area contributed by atoms with Gasteiger partial charge in [-0.1, -0.05) is 24.9 Å². The van der Waals surface area contributed by atoms with Gasteiger partial charge in [0.2, 0.25) is 5.91 Å². The van der Waals surface area contributed by atoms with Crippen molar-refractivity contribution in [1.82, 2.24) is 19.4 Å². The largest absolute Gasteiger partial charge is 0.310 e. The van der Waals surface area contributed by atoms with E-state index in [4.69, 9.17) is 11.6 Å². The van der Waals surface area contributed by atoms with Crippen molar-refractivity contribution in [2.24, 2.45) is 5.92 Å². The third-order valence-electron chi connectivity index (χ3n) is 5.96. The van der Waals surface area contributed by atoms with Gasteiger partial charge in [0, 0.05) is 40.7 Å². The van der Waals surface area contributed by atoms with Crippen molar-refractivity contribution in [3.8, 4) is 11.1 Å². The van der Waals surface area contributed by atoms with Gasteiger partial charge in [-0.25, -0.2) is 14.4 Å². The number of carbonyl (C=O) groups is 1. The van der Waals surface area contributed by atoms with Gasteiger partial charge < -0.3 is 5.32 Å². The van der Waals surface area contributed by atoms with Crippen molar-refractivity contribution >= 4 is 39.9 Å². The predicted molar refractivity (Wildman–Crippen MR) is 124 cm³/mol. The normalized spacial score (nSPS) is 17.8. The molecule has 0 radical (unpaired) electrons. The molecule has 32 heavy (non-hydrogen) atoms. The maximum Gasteiger partial charge on any atom is 0.231 e. The number of amides is 1. The number of hydrogen-bond acceptors (Lipinski definition) is 4. The zero-order valence-electron chi connectivity index (χ0n) is 17.9. The van der Waals surface area contributed by atoms with Crippen molar-refractivity contribution < 1.29 is 9.18 Å². The molecule has 4 aromatic rings. The van der Waals surface area contributed by atoms with Gasteiger partial charge in [-0.05, 0) is 43.9 Å². The second-order valence-corrected chi connectivity index (χ2v) is 8.76. The van der Waals surface area contributed by atoms with Crippen molar-refractivity contribution in [2.45, 2.75) is 45.7 Å². The van der Waals surface area contributed by atoms with Crippen LogP contribution in [0.1, 0.15) is 37.4 Å². The highest BCUT2D eigenvalue weighted by Gasteiger charge is 2.43. The summed E-state index contributed by atoms with van der Waals surface area (Å²) in [6.07, 6.45) is 7.60. The van der Waals surface area contributed by atoms with Crippen molar-refractivity contribution in [1.29, 1.82) is 0 Å². The Labute approximate surface area is 189 Å². The molecule has 0 saturated heterocycles. The molecule has 1 fully saturated rings. The Hall–Kier alpha value is -3.06. The Morgan fingerprint density at radius 1 is 1.19 bits per heavy atom. The monoisotopic (exact) mass is 451 g/mol. The van der Waals surface area contributed by atoms with Gasteiger partial charge >= 0.3 is 0 Å². The van der Waals surface area contributed by atoms with Gasteiger partial charge in [0.1, 0.15) is 22.8 Å². The van der Waals surface area contributed by atoms with Crippen LogP contribution in [-0.2, 0) is 11.2 Å². The first-order valence-corrected chi connectivity index (χ1v) is 11.2. The minimum atomic E-state index is -1.06. The highest BCUT2D eigenvalue weighted by Crippen LogP contribution is 2.36. The number of halogens is 2. The highest BCUT2D eigenvalue weighted by atomic mass is 35.5. The molecule has 0 aromatic carbocycles. The molecule has 0 spiro atoms. The van der Waals surface area contributed by atoms with Gasteiger partial charge in [-0.15, -0.1) is 0 Å². The number of pyridine rings is 3. The predicted octanol–water partition coefficient (Wildman–Crippen LogP) is 5.55. The number of unbranched alkanes of at least 4 members (excludes halogenated alkanes) is 1. The van der Waals surface area contributed by atoms with Gasteiger partial charge in [0.25, 0.3) is 0 Å². The quantitative estimate of drug-likeness (QED) is 0.417. The summed E-state index contributed by atoms with van der Waals surface area (Å²) in [5.74, 6) is -0.570. The molecule has 1 saturated carbocycles. The Kier molecular flexibility index (Phi) is 5.29. The SMILES string of the molecule is CCCCc1cc(C)c(-c2cc3cnc(NC(=O)C4CC4F)cc3n3c(Cl)cnc23)cn1. The molecular formula is C24H23ClFN5O. The number of nitrogens with zero attached hydrogens (tertiary/aromatic N) is 4. The van der Waals surface area contributed by atoms with E-state index < -0.39 is 12.1 Å². The maximum atomic E-state index is 13.2. The van der Waals surface area contributed by atoms with Gasteiger partial charge in [0.15, 0.2) is 0 Å². The molecular weight excluding hydrogens is 429 g/mol. The smallest absolute Gasteiger partial charge is 0.231 e. The van der Waals surface area contributed by atoms with E-state index in [1.54, 1.807) is 18.5 Å². The molecule has 6 nitrogen and oxygen atoms in total. The lowest BCUT2D eigenvalue weighted by molar-refractivity contribution is -0.117. The zero-order chi connectivity index (χ0) is 22.4. The van der Waals surface area contributed by atoms with E-state index >= 15 is 0 Å². The van der Waals surface area contributed by atoms with Crippen LogP contribution in [0, 0.1) is 12.8 Å². The molecule has 1 amide bonds. The second kappa shape index (κ2) is 8.13. The number of anilines is 1. The lowest BCUT2D eigenvalue weighted by Crippen LogP contribution is -2.16. The Morgan fingerprint density at radius 2 is 2.00 bits per heavy atom. The number of rotatable bonds is 6. The summed E-state index contributed by atoms with van der Waals surface area (Å²) in [6.45, 7) is 4.24. The number of fused-ring (bicyclic) bond motifs is 3. The Morgan fingerprint density at radius 3 is 2.72 bits per heavy atom. The summed E-state index contributed by atoms with van der Waals surface area (Å²) in [5.41, 5.74) is 5.55. The fourth-order valence-corrected chi connectivity index (χ4v) is 4.26. The molecule has 8 heteroatoms. The van der Waals surface area contributed by atoms with E-state index in [-0.39, 0.29) is 12.3 Å². The third-order valence-corrected chi connectivity index (χ3v) is 6.22. The molecule has 0 aliphatic heterocycles. The average Bonchev–Trinajstić information content (AvgIpc) is 3.39. The number of carbonyl (C=O) groups excluding carboxylic acids is 1. The Balaban J connectivity index is 1.59. The van der Waals surface area contributed by atoms with Gasteiger partial charge in [0.05, 0.1) is 17.6 Å². The van der Waals surface area contributed by atoms with Crippen molar-refractivity contribution in [2.75, 3.05) is 5.32 Å². The van der Waals surface area contributed by atoms with E-state index in [2.05, 4.69) is 40.2 Å². The summed E-state index contributed by atoms with van der Waals surface area (Å²) in [6, 6.07) is 5.89. The van der Waals surface area contributed by atoms with Gasteiger partial charge in [-0.3, -0.25) is 14.2 Å². The second-order valence-electron chi connectivity index (χ2n) is 8.37. The van der Waals surface area contributed by atoms with E-state index in [1.165, 1.54) is 0 Å². The van der Waals surface area contributed by atoms with E-state index in [1.807, 2.05) is 16.7 Å². The molecule has 164 valence electrons. The number of hydrogen-bond donors (Lipinski definition) is 1. The van der Waals surface area contributed by atoms with Crippen LogP contribution in [0.5, 0.6) is 0 Å². The molecule has 1 N–H and O–H groups in total. The number of aromatic nitrogens is 4. The number of alkyl halides is 1. The fourth-order valence-electron chi connectivity index (χ4n) is 4.04. The highest BCUT2D eigenvalue weighted by molar-refractivity contribution is 6.30. The number of aryl methyl sites for hydroxylation is 2. The Bertz CT molecular complexity index is 1350. The van der Waals surface area contributed by atoms with Crippen LogP contribution in [0.2, 0.25) is 5.15 Å². The molecule has 2 unspecified atom stereocenters. The molecule has 4 aromatic heterocycles. The first-order chi connectivity index (χ1) is 15.5. The lowest BCUT2D eigenvalue weighted by Gasteiger charge is -2.13. The van der Waals surface area contributed by atoms with Crippen LogP contribution in [-0.4, -0.2) is 31.4 Å². The third kappa shape index (κ3) is 3.71. The number of nitrogens with one attached hydrogen (secondary N) is 1. The lowest BCUT2D eigenvalue weighted by atomic mass is 10.0. The standard InChI is InChI=1S/C24H23ClFN5O/c1-3-4-5-15-6-13(2)18(11-27-15)16-7-14-10-28-22(30-24(32)17-8-19(17)26)9-20(14)31-21(25)12-29-23(16)31/h6-7,9-12,17,19H,3-5,8H2,1-2H3,(H,28,30,32). The van der Waals surface area contributed by atoms with E-state index in [0.29, 0.717) is 16.6 Å². The number of imidazole rings is 1. The average molecular weight is 452 g/mol. The van der Waals surface area contributed by atoms with Crippen LogP contribution in [0.4, 0.5) is 10.2 Å². The maximum absolute atomic E-state index is 13.2. The molecule has 1 aliphatic rings. The first kappa shape index (κ1) is 20.8. The van der Waals surface area contributed by atoms with Crippen LogP contribution in [0.15, 0.2) is 36.8 Å².